The summed E-state index contributed by atoms with van der Waals surface area (Å²) in [4.78, 5) is 27.9. The van der Waals surface area contributed by atoms with Crippen molar-refractivity contribution in [2.75, 3.05) is 27.2 Å². The van der Waals surface area contributed by atoms with E-state index in [1.807, 2.05) is 43.1 Å². The van der Waals surface area contributed by atoms with Gasteiger partial charge in [0.15, 0.2) is 0 Å². The molecule has 0 saturated carbocycles. The first kappa shape index (κ1) is 16.5. The maximum atomic E-state index is 12.4. The number of hydrogen-bond donors (Lipinski definition) is 1. The number of rotatable bonds is 5. The van der Waals surface area contributed by atoms with Crippen LogP contribution in [0.1, 0.15) is 35.7 Å². The third-order valence-electron chi connectivity index (χ3n) is 4.31. The Hall–Kier alpha value is -1.88. The van der Waals surface area contributed by atoms with Gasteiger partial charge in [-0.3, -0.25) is 14.5 Å². The predicted octanol–water partition coefficient (Wildman–Crippen LogP) is 1.49. The van der Waals surface area contributed by atoms with Crippen LogP contribution in [0.25, 0.3) is 0 Å². The van der Waals surface area contributed by atoms with Gasteiger partial charge in [0, 0.05) is 32.2 Å². The van der Waals surface area contributed by atoms with Crippen molar-refractivity contribution >= 4 is 11.8 Å². The standard InChI is InChI=1S/C17H25N3O2/c1-13(17(22)20-10-4-5-11-20)19(3)12-14-6-8-15(9-7-14)16(21)18-2/h6-9,13H,4-5,10-12H2,1-3H3,(H,18,21). The minimum atomic E-state index is -0.128. The van der Waals surface area contributed by atoms with Crippen LogP contribution in [0.15, 0.2) is 24.3 Å². The molecular formula is C17H25N3O2. The molecule has 0 bridgehead atoms. The summed E-state index contributed by atoms with van der Waals surface area (Å²) in [5, 5.41) is 2.61. The van der Waals surface area contributed by atoms with Crippen LogP contribution >= 0.6 is 0 Å². The summed E-state index contributed by atoms with van der Waals surface area (Å²) in [6.45, 7) is 4.42. The second kappa shape index (κ2) is 7.40. The molecule has 1 heterocycles. The average Bonchev–Trinajstić information content (AvgIpc) is 3.07. The maximum Gasteiger partial charge on any atom is 0.251 e. The van der Waals surface area contributed by atoms with Gasteiger partial charge in [-0.1, -0.05) is 12.1 Å². The van der Waals surface area contributed by atoms with Crippen LogP contribution in [-0.4, -0.2) is 54.8 Å². The van der Waals surface area contributed by atoms with E-state index >= 15 is 0 Å². The number of likely N-dealkylation sites (N-methyl/N-ethyl adjacent to an activating group) is 1. The predicted molar refractivity (Wildman–Crippen MR) is 86.6 cm³/mol. The highest BCUT2D eigenvalue weighted by atomic mass is 16.2. The Morgan fingerprint density at radius 2 is 1.82 bits per heavy atom. The molecule has 0 aromatic heterocycles. The molecule has 1 aliphatic rings. The van der Waals surface area contributed by atoms with Crippen molar-refractivity contribution in [3.8, 4) is 0 Å². The van der Waals surface area contributed by atoms with E-state index in [9.17, 15) is 9.59 Å². The van der Waals surface area contributed by atoms with E-state index in [2.05, 4.69) is 10.2 Å². The molecule has 2 rings (SSSR count). The molecule has 0 radical (unpaired) electrons. The molecule has 1 fully saturated rings. The smallest absolute Gasteiger partial charge is 0.251 e. The Bertz CT molecular complexity index is 521. The second-order valence-electron chi connectivity index (χ2n) is 5.90. The molecule has 1 aromatic rings. The zero-order valence-corrected chi connectivity index (χ0v) is 13.6. The van der Waals surface area contributed by atoms with Crippen molar-refractivity contribution in [3.63, 3.8) is 0 Å². The fourth-order valence-electron chi connectivity index (χ4n) is 2.72. The minimum absolute atomic E-state index is 0.0857. The lowest BCUT2D eigenvalue weighted by molar-refractivity contribution is -0.135. The van der Waals surface area contributed by atoms with Gasteiger partial charge in [0.25, 0.3) is 5.91 Å². The molecule has 1 aliphatic heterocycles. The zero-order chi connectivity index (χ0) is 16.1. The van der Waals surface area contributed by atoms with Crippen LogP contribution in [0, 0.1) is 0 Å². The normalized spacial score (nSPS) is 15.9. The first-order valence-electron chi connectivity index (χ1n) is 7.83. The quantitative estimate of drug-likeness (QED) is 0.896. The van der Waals surface area contributed by atoms with Crippen molar-refractivity contribution in [1.29, 1.82) is 0 Å². The number of likely N-dealkylation sites (tertiary alicyclic amines) is 1. The molecule has 2 amide bonds. The number of carbonyl (C=O) groups excluding carboxylic acids is 2. The summed E-state index contributed by atoms with van der Waals surface area (Å²) >= 11 is 0. The van der Waals surface area contributed by atoms with Crippen LogP contribution in [0.4, 0.5) is 0 Å². The van der Waals surface area contributed by atoms with Gasteiger partial charge in [0.2, 0.25) is 5.91 Å². The third kappa shape index (κ3) is 3.85. The third-order valence-corrected chi connectivity index (χ3v) is 4.31. The van der Waals surface area contributed by atoms with E-state index in [0.29, 0.717) is 12.1 Å². The van der Waals surface area contributed by atoms with Gasteiger partial charge in [-0.25, -0.2) is 0 Å². The largest absolute Gasteiger partial charge is 0.355 e. The van der Waals surface area contributed by atoms with Crippen molar-refractivity contribution in [1.82, 2.24) is 15.1 Å². The van der Waals surface area contributed by atoms with E-state index in [1.165, 1.54) is 0 Å². The van der Waals surface area contributed by atoms with E-state index in [4.69, 9.17) is 0 Å². The molecule has 1 N–H and O–H groups in total. The van der Waals surface area contributed by atoms with Crippen LogP contribution in [0.5, 0.6) is 0 Å². The van der Waals surface area contributed by atoms with E-state index in [0.717, 1.165) is 31.5 Å². The molecule has 1 unspecified atom stereocenters. The summed E-state index contributed by atoms with van der Waals surface area (Å²) in [6, 6.07) is 7.38. The summed E-state index contributed by atoms with van der Waals surface area (Å²) in [5.41, 5.74) is 1.74. The number of amides is 2. The fraction of sp³-hybridized carbons (Fsp3) is 0.529. The molecular weight excluding hydrogens is 278 g/mol. The van der Waals surface area contributed by atoms with Crippen molar-refractivity contribution in [2.45, 2.75) is 32.4 Å². The van der Waals surface area contributed by atoms with Gasteiger partial charge in [-0.2, -0.15) is 0 Å². The Kier molecular flexibility index (Phi) is 5.55. The van der Waals surface area contributed by atoms with Gasteiger partial charge in [-0.05, 0) is 44.5 Å². The molecule has 1 aromatic carbocycles. The van der Waals surface area contributed by atoms with E-state index in [1.54, 1.807) is 7.05 Å². The molecule has 1 atom stereocenters. The second-order valence-corrected chi connectivity index (χ2v) is 5.90. The molecule has 120 valence electrons. The summed E-state index contributed by atoms with van der Waals surface area (Å²) in [5.74, 6) is 0.125. The zero-order valence-electron chi connectivity index (χ0n) is 13.6. The number of carbonyl (C=O) groups is 2. The van der Waals surface area contributed by atoms with Crippen LogP contribution in [-0.2, 0) is 11.3 Å². The number of benzene rings is 1. The van der Waals surface area contributed by atoms with Crippen LogP contribution in [0.3, 0.4) is 0 Å². The van der Waals surface area contributed by atoms with E-state index < -0.39 is 0 Å². The highest BCUT2D eigenvalue weighted by Gasteiger charge is 2.25. The van der Waals surface area contributed by atoms with Crippen LogP contribution < -0.4 is 5.32 Å². The Labute approximate surface area is 132 Å². The van der Waals surface area contributed by atoms with Gasteiger partial charge in [-0.15, -0.1) is 0 Å². The highest BCUT2D eigenvalue weighted by molar-refractivity contribution is 5.93. The van der Waals surface area contributed by atoms with E-state index in [-0.39, 0.29) is 17.9 Å². The summed E-state index contributed by atoms with van der Waals surface area (Å²) < 4.78 is 0. The molecule has 5 heteroatoms. The van der Waals surface area contributed by atoms with Gasteiger partial charge >= 0.3 is 0 Å². The van der Waals surface area contributed by atoms with Gasteiger partial charge < -0.3 is 10.2 Å². The summed E-state index contributed by atoms with van der Waals surface area (Å²) in [6.07, 6.45) is 2.23. The SMILES string of the molecule is CNC(=O)c1ccc(CN(C)C(C)C(=O)N2CCCC2)cc1. The lowest BCUT2D eigenvalue weighted by Gasteiger charge is -2.28. The lowest BCUT2D eigenvalue weighted by Crippen LogP contribution is -2.44. The Balaban J connectivity index is 1.94. The Morgan fingerprint density at radius 3 is 2.36 bits per heavy atom. The number of nitrogens with zero attached hydrogens (tertiary/aromatic N) is 2. The van der Waals surface area contributed by atoms with Crippen LogP contribution in [0.2, 0.25) is 0 Å². The number of hydrogen-bond acceptors (Lipinski definition) is 3. The van der Waals surface area contributed by atoms with Crippen molar-refractivity contribution < 1.29 is 9.59 Å². The molecule has 0 spiro atoms. The molecule has 1 saturated heterocycles. The van der Waals surface area contributed by atoms with Gasteiger partial charge in [0.05, 0.1) is 6.04 Å². The average molecular weight is 303 g/mol. The van der Waals surface area contributed by atoms with Gasteiger partial charge in [0.1, 0.15) is 0 Å². The molecule has 5 nitrogen and oxygen atoms in total. The van der Waals surface area contributed by atoms with Crippen molar-refractivity contribution in [2.24, 2.45) is 0 Å². The fourth-order valence-corrected chi connectivity index (χ4v) is 2.72. The topological polar surface area (TPSA) is 52.7 Å². The first-order chi connectivity index (χ1) is 10.5. The monoisotopic (exact) mass is 303 g/mol. The molecule has 0 aliphatic carbocycles. The minimum Gasteiger partial charge on any atom is -0.355 e. The Morgan fingerprint density at radius 1 is 1.23 bits per heavy atom. The first-order valence-corrected chi connectivity index (χ1v) is 7.83. The molecule has 22 heavy (non-hydrogen) atoms. The van der Waals surface area contributed by atoms with Crippen molar-refractivity contribution in [3.05, 3.63) is 35.4 Å². The maximum absolute atomic E-state index is 12.4. The number of nitrogens with one attached hydrogen (secondary N) is 1. The summed E-state index contributed by atoms with van der Waals surface area (Å²) in [7, 11) is 3.58. The highest BCUT2D eigenvalue weighted by Crippen LogP contribution is 2.14. The lowest BCUT2D eigenvalue weighted by atomic mass is 10.1.